The van der Waals surface area contributed by atoms with Crippen LogP contribution in [-0.4, -0.2) is 14.3 Å². The molecule has 2 aromatic rings. The summed E-state index contributed by atoms with van der Waals surface area (Å²) in [5.74, 6) is -0.0641. The Morgan fingerprint density at radius 3 is 2.36 bits per heavy atom. The first-order valence-electron chi connectivity index (χ1n) is 7.91. The van der Waals surface area contributed by atoms with E-state index in [0.29, 0.717) is 16.6 Å². The molecule has 7 heteroatoms. The Labute approximate surface area is 157 Å². The van der Waals surface area contributed by atoms with Gasteiger partial charge in [0.05, 0.1) is 4.90 Å². The number of nitrogens with one attached hydrogen (secondary N) is 2. The Bertz CT molecular complexity index is 864. The van der Waals surface area contributed by atoms with Crippen LogP contribution in [0.3, 0.4) is 0 Å². The summed E-state index contributed by atoms with van der Waals surface area (Å²) in [4.78, 5) is 11.6. The lowest BCUT2D eigenvalue weighted by Gasteiger charge is -2.16. The van der Waals surface area contributed by atoms with Crippen molar-refractivity contribution in [2.24, 2.45) is 0 Å². The van der Waals surface area contributed by atoms with E-state index in [1.165, 1.54) is 0 Å². The number of aryl methyl sites for hydroxylation is 1. The molecule has 0 saturated carbocycles. The SMILES string of the molecule is CCC(=O)Nc1ccc(C(C)NS(=O)(=O)c2ccc(C)cc2Br)cc1. The predicted molar refractivity (Wildman–Crippen MR) is 103 cm³/mol. The number of halogens is 1. The average molecular weight is 425 g/mol. The summed E-state index contributed by atoms with van der Waals surface area (Å²) in [6, 6.07) is 11.8. The Kier molecular flexibility index (Phi) is 6.37. The number of rotatable bonds is 6. The second kappa shape index (κ2) is 8.12. The third-order valence-electron chi connectivity index (χ3n) is 3.72. The molecule has 1 amide bonds. The molecule has 1 unspecified atom stereocenters. The molecule has 25 heavy (non-hydrogen) atoms. The number of sulfonamides is 1. The van der Waals surface area contributed by atoms with Crippen LogP contribution in [0.4, 0.5) is 5.69 Å². The fraction of sp³-hybridized carbons (Fsp3) is 0.278. The molecule has 2 rings (SSSR count). The Balaban J connectivity index is 2.15. The van der Waals surface area contributed by atoms with Crippen LogP contribution < -0.4 is 10.0 Å². The van der Waals surface area contributed by atoms with Gasteiger partial charge in [-0.05, 0) is 65.2 Å². The molecule has 0 fully saturated rings. The normalized spacial score (nSPS) is 12.6. The number of carbonyl (C=O) groups excluding carboxylic acids is 1. The highest BCUT2D eigenvalue weighted by Crippen LogP contribution is 2.25. The summed E-state index contributed by atoms with van der Waals surface area (Å²) in [7, 11) is -3.65. The predicted octanol–water partition coefficient (Wildman–Crippen LogP) is 4.15. The summed E-state index contributed by atoms with van der Waals surface area (Å²) < 4.78 is 28.4. The van der Waals surface area contributed by atoms with Crippen molar-refractivity contribution in [2.75, 3.05) is 5.32 Å². The summed E-state index contributed by atoms with van der Waals surface area (Å²) in [6.45, 7) is 5.46. The van der Waals surface area contributed by atoms with Gasteiger partial charge in [-0.15, -0.1) is 0 Å². The molecule has 0 aromatic heterocycles. The molecule has 0 saturated heterocycles. The van der Waals surface area contributed by atoms with Gasteiger partial charge < -0.3 is 5.32 Å². The summed E-state index contributed by atoms with van der Waals surface area (Å²) in [6.07, 6.45) is 0.406. The van der Waals surface area contributed by atoms with Gasteiger partial charge in [-0.25, -0.2) is 13.1 Å². The lowest BCUT2D eigenvalue weighted by atomic mass is 10.1. The van der Waals surface area contributed by atoms with Crippen LogP contribution in [-0.2, 0) is 14.8 Å². The minimum atomic E-state index is -3.65. The van der Waals surface area contributed by atoms with Crippen LogP contribution in [0.5, 0.6) is 0 Å². The third kappa shape index (κ3) is 5.14. The third-order valence-corrected chi connectivity index (χ3v) is 6.24. The Hall–Kier alpha value is -1.70. The first kappa shape index (κ1) is 19.6. The quantitative estimate of drug-likeness (QED) is 0.731. The Morgan fingerprint density at radius 1 is 1.16 bits per heavy atom. The van der Waals surface area contributed by atoms with Crippen LogP contribution in [0.1, 0.15) is 37.4 Å². The Morgan fingerprint density at radius 2 is 1.80 bits per heavy atom. The summed E-state index contributed by atoms with van der Waals surface area (Å²) in [5.41, 5.74) is 2.47. The molecule has 2 N–H and O–H groups in total. The monoisotopic (exact) mass is 424 g/mol. The van der Waals surface area contributed by atoms with Gasteiger partial charge in [0.25, 0.3) is 0 Å². The number of anilines is 1. The van der Waals surface area contributed by atoms with Crippen molar-refractivity contribution in [3.05, 3.63) is 58.1 Å². The highest BCUT2D eigenvalue weighted by molar-refractivity contribution is 9.10. The molecular formula is C18H21BrN2O3S. The molecule has 0 bridgehead atoms. The number of hydrogen-bond donors (Lipinski definition) is 2. The molecular weight excluding hydrogens is 404 g/mol. The summed E-state index contributed by atoms with van der Waals surface area (Å²) in [5, 5.41) is 2.76. The largest absolute Gasteiger partial charge is 0.326 e. The van der Waals surface area contributed by atoms with Gasteiger partial charge in [0.1, 0.15) is 0 Å². The molecule has 0 aliphatic heterocycles. The molecule has 0 heterocycles. The van der Waals surface area contributed by atoms with Crippen molar-refractivity contribution in [1.82, 2.24) is 4.72 Å². The second-order valence-electron chi connectivity index (χ2n) is 5.80. The fourth-order valence-corrected chi connectivity index (χ4v) is 4.72. The molecule has 134 valence electrons. The minimum Gasteiger partial charge on any atom is -0.326 e. The van der Waals surface area contributed by atoms with Gasteiger partial charge in [0.2, 0.25) is 15.9 Å². The van der Waals surface area contributed by atoms with Gasteiger partial charge in [0, 0.05) is 22.6 Å². The fourth-order valence-electron chi connectivity index (χ4n) is 2.29. The second-order valence-corrected chi connectivity index (χ2v) is 8.34. The maximum Gasteiger partial charge on any atom is 0.242 e. The van der Waals surface area contributed by atoms with Gasteiger partial charge in [0.15, 0.2) is 0 Å². The zero-order valence-corrected chi connectivity index (χ0v) is 16.7. The average Bonchev–Trinajstić information content (AvgIpc) is 2.54. The topological polar surface area (TPSA) is 75.3 Å². The van der Waals surface area contributed by atoms with E-state index in [1.54, 1.807) is 56.3 Å². The van der Waals surface area contributed by atoms with Crippen molar-refractivity contribution in [2.45, 2.75) is 38.1 Å². The van der Waals surface area contributed by atoms with Gasteiger partial charge in [-0.3, -0.25) is 4.79 Å². The van der Waals surface area contributed by atoms with Gasteiger partial charge in [-0.1, -0.05) is 25.1 Å². The first-order chi connectivity index (χ1) is 11.7. The lowest BCUT2D eigenvalue weighted by molar-refractivity contribution is -0.115. The van der Waals surface area contributed by atoms with Crippen molar-refractivity contribution in [3.63, 3.8) is 0 Å². The molecule has 1 atom stereocenters. The van der Waals surface area contributed by atoms with Crippen LogP contribution in [0.15, 0.2) is 51.8 Å². The van der Waals surface area contributed by atoms with E-state index < -0.39 is 16.1 Å². The van der Waals surface area contributed by atoms with Crippen LogP contribution in [0.2, 0.25) is 0 Å². The first-order valence-corrected chi connectivity index (χ1v) is 10.2. The molecule has 0 spiro atoms. The van der Waals surface area contributed by atoms with Gasteiger partial charge in [-0.2, -0.15) is 0 Å². The maximum absolute atomic E-state index is 12.6. The molecule has 0 aliphatic carbocycles. The van der Waals surface area contributed by atoms with Crippen LogP contribution >= 0.6 is 15.9 Å². The number of benzene rings is 2. The van der Waals surface area contributed by atoms with Gasteiger partial charge >= 0.3 is 0 Å². The van der Waals surface area contributed by atoms with Crippen molar-refractivity contribution >= 4 is 37.5 Å². The van der Waals surface area contributed by atoms with E-state index in [-0.39, 0.29) is 10.8 Å². The van der Waals surface area contributed by atoms with Crippen LogP contribution in [0, 0.1) is 6.92 Å². The maximum atomic E-state index is 12.6. The molecule has 5 nitrogen and oxygen atoms in total. The number of amides is 1. The number of hydrogen-bond acceptors (Lipinski definition) is 3. The van der Waals surface area contributed by atoms with E-state index >= 15 is 0 Å². The van der Waals surface area contributed by atoms with Crippen molar-refractivity contribution in [1.29, 1.82) is 0 Å². The van der Waals surface area contributed by atoms with E-state index in [0.717, 1.165) is 11.1 Å². The van der Waals surface area contributed by atoms with E-state index in [2.05, 4.69) is 26.0 Å². The highest BCUT2D eigenvalue weighted by atomic mass is 79.9. The number of carbonyl (C=O) groups is 1. The van der Waals surface area contributed by atoms with E-state index in [9.17, 15) is 13.2 Å². The molecule has 2 aromatic carbocycles. The lowest BCUT2D eigenvalue weighted by Crippen LogP contribution is -2.27. The zero-order valence-electron chi connectivity index (χ0n) is 14.3. The smallest absolute Gasteiger partial charge is 0.242 e. The standard InChI is InChI=1S/C18H21BrN2O3S/c1-4-18(22)20-15-8-6-14(7-9-15)13(3)21-25(23,24)17-10-5-12(2)11-16(17)19/h5-11,13,21H,4H2,1-3H3,(H,20,22). The highest BCUT2D eigenvalue weighted by Gasteiger charge is 2.21. The minimum absolute atomic E-state index is 0.0641. The van der Waals surface area contributed by atoms with E-state index in [4.69, 9.17) is 0 Å². The van der Waals surface area contributed by atoms with Crippen molar-refractivity contribution in [3.8, 4) is 0 Å². The van der Waals surface area contributed by atoms with Crippen molar-refractivity contribution < 1.29 is 13.2 Å². The zero-order chi connectivity index (χ0) is 18.6. The summed E-state index contributed by atoms with van der Waals surface area (Å²) >= 11 is 3.31. The molecule has 0 radical (unpaired) electrons. The van der Waals surface area contributed by atoms with E-state index in [1.807, 2.05) is 6.92 Å². The van der Waals surface area contributed by atoms with Crippen LogP contribution in [0.25, 0.3) is 0 Å². The molecule has 0 aliphatic rings.